The molecule has 0 atom stereocenters. The van der Waals surface area contributed by atoms with E-state index in [4.69, 9.17) is 27.3 Å². The highest BCUT2D eigenvalue weighted by Crippen LogP contribution is 2.19. The summed E-state index contributed by atoms with van der Waals surface area (Å²) < 4.78 is 5.64. The number of hydrogen-bond donors (Lipinski definition) is 2. The molecule has 0 fully saturated rings. The highest BCUT2D eigenvalue weighted by Gasteiger charge is 2.05. The maximum Gasteiger partial charge on any atom is 0.170 e. The number of hydrogen-bond acceptors (Lipinski definition) is 3. The van der Waals surface area contributed by atoms with Gasteiger partial charge in [-0.2, -0.15) is 0 Å². The largest absolute Gasteiger partial charge is 0.409 e. The van der Waals surface area contributed by atoms with Crippen molar-refractivity contribution in [3.63, 3.8) is 0 Å². The van der Waals surface area contributed by atoms with E-state index < -0.39 is 0 Å². The van der Waals surface area contributed by atoms with Gasteiger partial charge in [0.1, 0.15) is 0 Å². The van der Waals surface area contributed by atoms with E-state index in [2.05, 4.69) is 12.1 Å². The predicted molar refractivity (Wildman–Crippen MR) is 87.0 cm³/mol. The minimum absolute atomic E-state index is 0.0523. The van der Waals surface area contributed by atoms with Crippen LogP contribution < -0.4 is 5.73 Å². The van der Waals surface area contributed by atoms with Crippen LogP contribution in [0.1, 0.15) is 56.6 Å². The third kappa shape index (κ3) is 6.82. The molecule has 3 N–H and O–H groups in total. The molecule has 0 aliphatic carbocycles. The fourth-order valence-electron chi connectivity index (χ4n) is 2.05. The van der Waals surface area contributed by atoms with Gasteiger partial charge in [-0.3, -0.25) is 0 Å². The number of ether oxygens (including phenoxy) is 1. The molecule has 21 heavy (non-hydrogen) atoms. The van der Waals surface area contributed by atoms with Gasteiger partial charge in [0.15, 0.2) is 5.84 Å². The first kappa shape index (κ1) is 17.8. The van der Waals surface area contributed by atoms with E-state index in [1.165, 1.54) is 32.1 Å². The Morgan fingerprint density at radius 1 is 1.24 bits per heavy atom. The van der Waals surface area contributed by atoms with Gasteiger partial charge in [0.05, 0.1) is 6.61 Å². The minimum Gasteiger partial charge on any atom is -0.409 e. The smallest absolute Gasteiger partial charge is 0.170 e. The highest BCUT2D eigenvalue weighted by molar-refractivity contribution is 6.31. The first-order chi connectivity index (χ1) is 10.2. The number of nitrogens with zero attached hydrogens (tertiary/aromatic N) is 1. The van der Waals surface area contributed by atoms with Gasteiger partial charge in [-0.05, 0) is 18.1 Å². The topological polar surface area (TPSA) is 67.8 Å². The molecule has 0 bridgehead atoms. The normalized spacial score (nSPS) is 11.8. The van der Waals surface area contributed by atoms with Crippen molar-refractivity contribution in [2.75, 3.05) is 6.61 Å². The molecule has 0 heterocycles. The molecule has 4 nitrogen and oxygen atoms in total. The second-order valence-corrected chi connectivity index (χ2v) is 5.52. The number of nitrogens with two attached hydrogens (primary N) is 1. The Bertz CT molecular complexity index is 450. The summed E-state index contributed by atoms with van der Waals surface area (Å²) in [5.74, 6) is 0.0523. The van der Waals surface area contributed by atoms with E-state index in [-0.39, 0.29) is 5.84 Å². The summed E-state index contributed by atoms with van der Waals surface area (Å²) in [6.45, 7) is 3.47. The van der Waals surface area contributed by atoms with Crippen LogP contribution in [0.3, 0.4) is 0 Å². The lowest BCUT2D eigenvalue weighted by molar-refractivity contribution is 0.117. The molecular weight excluding hydrogens is 288 g/mol. The molecule has 1 aromatic rings. The van der Waals surface area contributed by atoms with E-state index in [0.29, 0.717) is 17.2 Å². The predicted octanol–water partition coefficient (Wildman–Crippen LogP) is 4.31. The highest BCUT2D eigenvalue weighted by atomic mass is 35.5. The van der Waals surface area contributed by atoms with Crippen LogP contribution in [0, 0.1) is 0 Å². The van der Waals surface area contributed by atoms with Crippen LogP contribution in [-0.4, -0.2) is 17.6 Å². The van der Waals surface area contributed by atoms with Crippen molar-refractivity contribution in [3.8, 4) is 0 Å². The lowest BCUT2D eigenvalue weighted by Crippen LogP contribution is -2.13. The fourth-order valence-corrected chi connectivity index (χ4v) is 2.28. The molecule has 0 amide bonds. The van der Waals surface area contributed by atoms with Crippen molar-refractivity contribution in [2.45, 2.75) is 52.1 Å². The first-order valence-corrected chi connectivity index (χ1v) is 7.91. The maximum atomic E-state index is 8.62. The number of rotatable bonds is 10. The first-order valence-electron chi connectivity index (χ1n) is 7.53. The van der Waals surface area contributed by atoms with Gasteiger partial charge >= 0.3 is 0 Å². The molecule has 0 aliphatic heterocycles. The minimum atomic E-state index is 0.0523. The SMILES string of the molecule is CCCCCCCCOCc1ccc(/C(N)=N/O)cc1Cl. The molecule has 0 radical (unpaired) electrons. The van der Waals surface area contributed by atoms with Gasteiger partial charge in [-0.15, -0.1) is 0 Å². The van der Waals surface area contributed by atoms with Crippen LogP contribution in [0.5, 0.6) is 0 Å². The molecule has 0 saturated carbocycles. The molecule has 0 aliphatic rings. The summed E-state index contributed by atoms with van der Waals surface area (Å²) in [5, 5.41) is 12.1. The summed E-state index contributed by atoms with van der Waals surface area (Å²) >= 11 is 6.16. The van der Waals surface area contributed by atoms with Gasteiger partial charge in [0, 0.05) is 17.2 Å². The molecule has 1 rings (SSSR count). The summed E-state index contributed by atoms with van der Waals surface area (Å²) in [6, 6.07) is 5.29. The average molecular weight is 313 g/mol. The van der Waals surface area contributed by atoms with Crippen LogP contribution in [0.25, 0.3) is 0 Å². The second-order valence-electron chi connectivity index (χ2n) is 5.11. The summed E-state index contributed by atoms with van der Waals surface area (Å²) in [4.78, 5) is 0. The number of amidine groups is 1. The average Bonchev–Trinajstić information content (AvgIpc) is 2.50. The van der Waals surface area contributed by atoms with Crippen LogP contribution >= 0.6 is 11.6 Å². The van der Waals surface area contributed by atoms with Crippen molar-refractivity contribution >= 4 is 17.4 Å². The van der Waals surface area contributed by atoms with Crippen molar-refractivity contribution in [3.05, 3.63) is 34.3 Å². The van der Waals surface area contributed by atoms with E-state index in [1.54, 1.807) is 12.1 Å². The molecular formula is C16H25ClN2O2. The van der Waals surface area contributed by atoms with Crippen LogP contribution in [-0.2, 0) is 11.3 Å². The van der Waals surface area contributed by atoms with Crippen LogP contribution in [0.15, 0.2) is 23.4 Å². The Morgan fingerprint density at radius 3 is 2.62 bits per heavy atom. The molecule has 1 aromatic carbocycles. The van der Waals surface area contributed by atoms with E-state index >= 15 is 0 Å². The van der Waals surface area contributed by atoms with Gasteiger partial charge in [-0.1, -0.05) is 67.9 Å². The van der Waals surface area contributed by atoms with E-state index in [0.717, 1.165) is 18.6 Å². The monoisotopic (exact) mass is 312 g/mol. The molecule has 118 valence electrons. The summed E-state index contributed by atoms with van der Waals surface area (Å²) in [6.07, 6.45) is 7.50. The molecule has 5 heteroatoms. The molecule has 0 saturated heterocycles. The number of unbranched alkanes of at least 4 members (excludes halogenated alkanes) is 5. The number of halogens is 1. The van der Waals surface area contributed by atoms with Gasteiger partial charge < -0.3 is 15.7 Å². The molecule has 0 unspecified atom stereocenters. The Kier molecular flexibility index (Phi) is 8.87. The maximum absolute atomic E-state index is 8.62. The third-order valence-electron chi connectivity index (χ3n) is 3.36. The summed E-state index contributed by atoms with van der Waals surface area (Å²) in [5.41, 5.74) is 7.03. The van der Waals surface area contributed by atoms with Crippen LogP contribution in [0.2, 0.25) is 5.02 Å². The lowest BCUT2D eigenvalue weighted by atomic mass is 10.1. The summed E-state index contributed by atoms with van der Waals surface area (Å²) in [7, 11) is 0. The zero-order valence-corrected chi connectivity index (χ0v) is 13.4. The third-order valence-corrected chi connectivity index (χ3v) is 3.71. The zero-order chi connectivity index (χ0) is 15.5. The Hall–Kier alpha value is -1.26. The number of oxime groups is 1. The Labute approximate surface area is 131 Å². The molecule has 0 spiro atoms. The zero-order valence-electron chi connectivity index (χ0n) is 12.6. The van der Waals surface area contributed by atoms with E-state index in [1.807, 2.05) is 6.07 Å². The standard InChI is InChI=1S/C16H25ClN2O2/c1-2-3-4-5-6-7-10-21-12-14-9-8-13(11-15(14)17)16(18)19-20/h8-9,11,20H,2-7,10,12H2,1H3,(H2,18,19). The second kappa shape index (κ2) is 10.5. The Morgan fingerprint density at radius 2 is 1.95 bits per heavy atom. The van der Waals surface area contributed by atoms with Gasteiger partial charge in [0.25, 0.3) is 0 Å². The van der Waals surface area contributed by atoms with Gasteiger partial charge in [-0.25, -0.2) is 0 Å². The van der Waals surface area contributed by atoms with Crippen LogP contribution in [0.4, 0.5) is 0 Å². The van der Waals surface area contributed by atoms with Crippen molar-refractivity contribution in [2.24, 2.45) is 10.9 Å². The van der Waals surface area contributed by atoms with Gasteiger partial charge in [0.2, 0.25) is 0 Å². The lowest BCUT2D eigenvalue weighted by Gasteiger charge is -2.08. The fraction of sp³-hybridized carbons (Fsp3) is 0.562. The van der Waals surface area contributed by atoms with Crippen molar-refractivity contribution in [1.82, 2.24) is 0 Å². The molecule has 0 aromatic heterocycles. The van der Waals surface area contributed by atoms with Crippen molar-refractivity contribution in [1.29, 1.82) is 0 Å². The van der Waals surface area contributed by atoms with Crippen molar-refractivity contribution < 1.29 is 9.94 Å². The quantitative estimate of drug-likeness (QED) is 0.222. The van der Waals surface area contributed by atoms with E-state index in [9.17, 15) is 0 Å². The number of benzene rings is 1. The Balaban J connectivity index is 2.26.